The molecular weight excluding hydrogens is 178 g/mol. The fraction of sp³-hybridized carbons (Fsp3) is 0.200. The first-order chi connectivity index (χ1) is 5.81. The maximum Gasteiger partial charge on any atom is 0.242 e. The second-order valence-electron chi connectivity index (χ2n) is 2.03. The molecule has 0 N–H and O–H groups in total. The van der Waals surface area contributed by atoms with Crippen molar-refractivity contribution in [2.45, 2.75) is 6.92 Å². The van der Waals surface area contributed by atoms with Gasteiger partial charge in [-0.15, -0.1) is 20.3 Å². The van der Waals surface area contributed by atoms with E-state index in [2.05, 4.69) is 20.3 Å². The monoisotopic (exact) mass is 181 g/mol. The number of nitrogens with zero attached hydrogens (tertiary/aromatic N) is 5. The van der Waals surface area contributed by atoms with Gasteiger partial charge < -0.3 is 0 Å². The molecule has 0 spiro atoms. The Labute approximate surface area is 70.6 Å². The summed E-state index contributed by atoms with van der Waals surface area (Å²) in [6.07, 6.45) is 1.42. The molecule has 0 saturated carbocycles. The van der Waals surface area contributed by atoms with Crippen molar-refractivity contribution in [2.75, 3.05) is 0 Å². The highest BCUT2D eigenvalue weighted by Gasteiger charge is 2.06. The van der Waals surface area contributed by atoms with E-state index in [1.165, 1.54) is 21.9 Å². The molecule has 2 aromatic rings. The first-order valence-electron chi connectivity index (χ1n) is 3.08. The summed E-state index contributed by atoms with van der Waals surface area (Å²) in [4.78, 5) is 13.9. The fourth-order valence-electron chi connectivity index (χ4n) is 0.789. The number of fused-ring (bicyclic) bond motifs is 1. The standard InChI is InChI=1S/C5H3N5OS/c1-3-7-8-5-10(3)9-4(12-5)6-2-11/h1H3. The van der Waals surface area contributed by atoms with Gasteiger partial charge in [-0.05, 0) is 6.92 Å². The molecule has 0 aliphatic heterocycles. The molecule has 0 amide bonds. The van der Waals surface area contributed by atoms with Crippen LogP contribution in [0.25, 0.3) is 4.96 Å². The van der Waals surface area contributed by atoms with Crippen LogP contribution in [0.2, 0.25) is 0 Å². The van der Waals surface area contributed by atoms with E-state index in [0.717, 1.165) is 0 Å². The third-order valence-corrected chi connectivity index (χ3v) is 2.07. The molecule has 0 unspecified atom stereocenters. The van der Waals surface area contributed by atoms with Gasteiger partial charge in [-0.3, -0.25) is 0 Å². The highest BCUT2D eigenvalue weighted by molar-refractivity contribution is 7.20. The lowest BCUT2D eigenvalue weighted by Gasteiger charge is -1.79. The molecule has 60 valence electrons. The Kier molecular flexibility index (Phi) is 1.46. The molecule has 0 atom stereocenters. The van der Waals surface area contributed by atoms with Crippen LogP contribution in [0.5, 0.6) is 0 Å². The Hall–Kier alpha value is -1.59. The Morgan fingerprint density at radius 1 is 1.58 bits per heavy atom. The molecular formula is C5H3N5OS. The molecule has 12 heavy (non-hydrogen) atoms. The van der Waals surface area contributed by atoms with Gasteiger partial charge >= 0.3 is 0 Å². The van der Waals surface area contributed by atoms with E-state index in [9.17, 15) is 4.79 Å². The van der Waals surface area contributed by atoms with Gasteiger partial charge in [0.25, 0.3) is 0 Å². The quantitative estimate of drug-likeness (QED) is 0.473. The maximum atomic E-state index is 9.89. The Morgan fingerprint density at radius 3 is 3.08 bits per heavy atom. The first-order valence-corrected chi connectivity index (χ1v) is 3.89. The number of hydrogen-bond acceptors (Lipinski definition) is 6. The van der Waals surface area contributed by atoms with Crippen LogP contribution in [0, 0.1) is 6.92 Å². The lowest BCUT2D eigenvalue weighted by atomic mass is 10.7. The highest BCUT2D eigenvalue weighted by atomic mass is 32.1. The lowest BCUT2D eigenvalue weighted by molar-refractivity contribution is 0.565. The average Bonchev–Trinajstić information content (AvgIpc) is 2.55. The minimum absolute atomic E-state index is 0.345. The van der Waals surface area contributed by atoms with Gasteiger partial charge in [-0.25, -0.2) is 4.79 Å². The van der Waals surface area contributed by atoms with Crippen LogP contribution < -0.4 is 0 Å². The van der Waals surface area contributed by atoms with Crippen LogP contribution in [-0.4, -0.2) is 25.9 Å². The third-order valence-electron chi connectivity index (χ3n) is 1.28. The van der Waals surface area contributed by atoms with Gasteiger partial charge in [-0.2, -0.15) is 4.52 Å². The van der Waals surface area contributed by atoms with Gasteiger partial charge in [-0.1, -0.05) is 11.3 Å². The van der Waals surface area contributed by atoms with Crippen LogP contribution in [0.15, 0.2) is 4.99 Å². The molecule has 0 bridgehead atoms. The molecule has 0 fully saturated rings. The normalized spacial score (nSPS) is 10.1. The average molecular weight is 181 g/mol. The Balaban J connectivity index is 2.70. The summed E-state index contributed by atoms with van der Waals surface area (Å²) in [6, 6.07) is 0. The van der Waals surface area contributed by atoms with Crippen molar-refractivity contribution in [2.24, 2.45) is 4.99 Å². The van der Waals surface area contributed by atoms with Gasteiger partial charge in [0.1, 0.15) is 0 Å². The Bertz CT molecular complexity index is 465. The molecule has 0 aromatic carbocycles. The summed E-state index contributed by atoms with van der Waals surface area (Å²) in [5.74, 6) is 0.675. The molecule has 0 radical (unpaired) electrons. The molecule has 2 rings (SSSR count). The number of carbonyl (C=O) groups excluding carboxylic acids is 1. The topological polar surface area (TPSA) is 72.5 Å². The van der Waals surface area contributed by atoms with Crippen LogP contribution >= 0.6 is 11.3 Å². The van der Waals surface area contributed by atoms with Crippen LogP contribution in [0.4, 0.5) is 5.13 Å². The zero-order chi connectivity index (χ0) is 8.55. The largest absolute Gasteiger partial charge is 0.242 e. The molecule has 7 heteroatoms. The number of aromatic nitrogens is 4. The molecule has 2 heterocycles. The number of isocyanates is 1. The third kappa shape index (κ3) is 0.919. The van der Waals surface area contributed by atoms with Gasteiger partial charge in [0, 0.05) is 0 Å². The second-order valence-corrected chi connectivity index (χ2v) is 2.96. The molecule has 6 nitrogen and oxygen atoms in total. The van der Waals surface area contributed by atoms with Crippen molar-refractivity contribution in [3.05, 3.63) is 5.82 Å². The smallest absolute Gasteiger partial charge is 0.211 e. The van der Waals surface area contributed by atoms with E-state index >= 15 is 0 Å². The van der Waals surface area contributed by atoms with Crippen molar-refractivity contribution in [1.82, 2.24) is 19.8 Å². The van der Waals surface area contributed by atoms with Gasteiger partial charge in [0.2, 0.25) is 16.2 Å². The van der Waals surface area contributed by atoms with Crippen molar-refractivity contribution in [3.63, 3.8) is 0 Å². The van der Waals surface area contributed by atoms with E-state index in [1.807, 2.05) is 0 Å². The number of aliphatic imine (C=N–C) groups is 1. The van der Waals surface area contributed by atoms with E-state index < -0.39 is 0 Å². The number of rotatable bonds is 1. The van der Waals surface area contributed by atoms with Crippen molar-refractivity contribution in [1.29, 1.82) is 0 Å². The summed E-state index contributed by atoms with van der Waals surface area (Å²) in [6.45, 7) is 1.77. The predicted octanol–water partition coefficient (Wildman–Crippen LogP) is 0.462. The van der Waals surface area contributed by atoms with E-state index in [1.54, 1.807) is 6.92 Å². The van der Waals surface area contributed by atoms with Crippen molar-refractivity contribution < 1.29 is 4.79 Å². The van der Waals surface area contributed by atoms with E-state index in [4.69, 9.17) is 0 Å². The highest BCUT2D eigenvalue weighted by Crippen LogP contribution is 2.20. The zero-order valence-corrected chi connectivity index (χ0v) is 6.87. The summed E-state index contributed by atoms with van der Waals surface area (Å²) < 4.78 is 1.53. The molecule has 0 aliphatic rings. The summed E-state index contributed by atoms with van der Waals surface area (Å²) in [5.41, 5.74) is 0. The Morgan fingerprint density at radius 2 is 2.42 bits per heavy atom. The second kappa shape index (κ2) is 2.47. The molecule has 0 saturated heterocycles. The van der Waals surface area contributed by atoms with Crippen LogP contribution in [-0.2, 0) is 4.79 Å². The summed E-state index contributed by atoms with van der Waals surface area (Å²) >= 11 is 1.19. The zero-order valence-electron chi connectivity index (χ0n) is 6.05. The van der Waals surface area contributed by atoms with Gasteiger partial charge in [0.15, 0.2) is 5.82 Å². The van der Waals surface area contributed by atoms with Crippen molar-refractivity contribution >= 4 is 27.5 Å². The minimum atomic E-state index is 0.345. The predicted molar refractivity (Wildman–Crippen MR) is 41.2 cm³/mol. The summed E-state index contributed by atoms with van der Waals surface area (Å²) in [5, 5.41) is 11.9. The summed E-state index contributed by atoms with van der Waals surface area (Å²) in [7, 11) is 0. The first kappa shape index (κ1) is 7.08. The number of hydrogen-bond donors (Lipinski definition) is 0. The minimum Gasteiger partial charge on any atom is -0.211 e. The maximum absolute atomic E-state index is 9.89. The molecule has 0 aliphatic carbocycles. The lowest BCUT2D eigenvalue weighted by Crippen LogP contribution is -1.86. The molecule has 2 aromatic heterocycles. The fourth-order valence-corrected chi connectivity index (χ4v) is 1.50. The van der Waals surface area contributed by atoms with Crippen LogP contribution in [0.3, 0.4) is 0 Å². The van der Waals surface area contributed by atoms with Gasteiger partial charge in [0.05, 0.1) is 0 Å². The SMILES string of the molecule is Cc1nnc2sc(N=C=O)nn12. The van der Waals surface area contributed by atoms with Crippen molar-refractivity contribution in [3.8, 4) is 0 Å². The van der Waals surface area contributed by atoms with E-state index in [-0.39, 0.29) is 0 Å². The van der Waals surface area contributed by atoms with Crippen LogP contribution in [0.1, 0.15) is 5.82 Å². The number of aryl methyl sites for hydroxylation is 1. The van der Waals surface area contributed by atoms with E-state index in [0.29, 0.717) is 15.9 Å².